The van der Waals surface area contributed by atoms with Crippen molar-refractivity contribution in [2.75, 3.05) is 0 Å². The number of carbonyl (C=O) groups is 1. The SMILES string of the molecule is CC1(CCCCCC(=O)O)CC2=C(C=CC(O)(C(C)(C)C)C2C(C)(C)C)O1. The summed E-state index contributed by atoms with van der Waals surface area (Å²) in [5, 5.41) is 20.5. The Hall–Kier alpha value is -1.29. The Kier molecular flexibility index (Phi) is 5.93. The zero-order valence-corrected chi connectivity index (χ0v) is 18.2. The Morgan fingerprint density at radius 2 is 1.81 bits per heavy atom. The van der Waals surface area contributed by atoms with E-state index in [0.29, 0.717) is 6.42 Å². The highest BCUT2D eigenvalue weighted by Gasteiger charge is 2.55. The summed E-state index contributed by atoms with van der Waals surface area (Å²) in [4.78, 5) is 10.7. The average Bonchev–Trinajstić information content (AvgIpc) is 2.80. The Morgan fingerprint density at radius 3 is 2.33 bits per heavy atom. The van der Waals surface area contributed by atoms with Gasteiger partial charge in [0.1, 0.15) is 11.4 Å². The molecule has 0 bridgehead atoms. The summed E-state index contributed by atoms with van der Waals surface area (Å²) in [6.45, 7) is 15.0. The van der Waals surface area contributed by atoms with Crippen LogP contribution < -0.4 is 0 Å². The van der Waals surface area contributed by atoms with Gasteiger partial charge in [0, 0.05) is 18.8 Å². The van der Waals surface area contributed by atoms with E-state index in [4.69, 9.17) is 9.84 Å². The largest absolute Gasteiger partial charge is 0.487 e. The van der Waals surface area contributed by atoms with Gasteiger partial charge in [-0.25, -0.2) is 0 Å². The third-order valence-corrected chi connectivity index (χ3v) is 6.18. The van der Waals surface area contributed by atoms with Crippen molar-refractivity contribution in [2.45, 2.75) is 98.2 Å². The van der Waals surface area contributed by atoms with E-state index in [1.165, 1.54) is 5.57 Å². The number of aliphatic hydroxyl groups is 1. The second-order valence-electron chi connectivity index (χ2n) is 10.8. The van der Waals surface area contributed by atoms with Crippen molar-refractivity contribution >= 4 is 5.97 Å². The molecule has 0 aromatic heterocycles. The van der Waals surface area contributed by atoms with Crippen molar-refractivity contribution in [3.05, 3.63) is 23.5 Å². The van der Waals surface area contributed by atoms with E-state index >= 15 is 0 Å². The number of ether oxygens (including phenoxy) is 1. The summed E-state index contributed by atoms with van der Waals surface area (Å²) in [7, 11) is 0. The maximum absolute atomic E-state index is 11.7. The summed E-state index contributed by atoms with van der Waals surface area (Å²) in [6.07, 6.45) is 8.45. The van der Waals surface area contributed by atoms with E-state index in [1.807, 2.05) is 12.2 Å². The van der Waals surface area contributed by atoms with Crippen molar-refractivity contribution in [2.24, 2.45) is 16.7 Å². The van der Waals surface area contributed by atoms with Gasteiger partial charge in [0.15, 0.2) is 0 Å². The van der Waals surface area contributed by atoms with E-state index in [-0.39, 0.29) is 28.8 Å². The van der Waals surface area contributed by atoms with E-state index in [2.05, 4.69) is 48.5 Å². The molecule has 0 aromatic rings. The fourth-order valence-corrected chi connectivity index (χ4v) is 4.76. The molecule has 1 heterocycles. The highest BCUT2D eigenvalue weighted by Crippen LogP contribution is 2.56. The van der Waals surface area contributed by atoms with Gasteiger partial charge in [0.2, 0.25) is 0 Å². The first kappa shape index (κ1) is 22.0. The fraction of sp³-hybridized carbons (Fsp3) is 0.783. The maximum atomic E-state index is 11.7. The van der Waals surface area contributed by atoms with E-state index in [1.54, 1.807) is 0 Å². The summed E-state index contributed by atoms with van der Waals surface area (Å²) >= 11 is 0. The normalized spacial score (nSPS) is 31.0. The Labute approximate surface area is 164 Å². The Balaban J connectivity index is 2.15. The molecule has 1 aliphatic heterocycles. The van der Waals surface area contributed by atoms with Gasteiger partial charge in [-0.05, 0) is 54.7 Å². The summed E-state index contributed by atoms with van der Waals surface area (Å²) in [5.41, 5.74) is -0.333. The number of allylic oxidation sites excluding steroid dienone is 1. The van der Waals surface area contributed by atoms with Crippen molar-refractivity contribution in [3.63, 3.8) is 0 Å². The fourth-order valence-electron chi connectivity index (χ4n) is 4.76. The molecule has 4 heteroatoms. The van der Waals surface area contributed by atoms with Crippen LogP contribution in [0.1, 0.15) is 87.0 Å². The second-order valence-corrected chi connectivity index (χ2v) is 10.8. The number of carboxylic acid groups (broad SMARTS) is 1. The van der Waals surface area contributed by atoms with Gasteiger partial charge in [-0.2, -0.15) is 0 Å². The maximum Gasteiger partial charge on any atom is 0.303 e. The van der Waals surface area contributed by atoms with E-state index in [0.717, 1.165) is 31.4 Å². The molecule has 2 rings (SSSR count). The molecule has 0 aromatic carbocycles. The molecule has 0 saturated heterocycles. The van der Waals surface area contributed by atoms with Gasteiger partial charge < -0.3 is 14.9 Å². The first-order valence-corrected chi connectivity index (χ1v) is 10.3. The lowest BCUT2D eigenvalue weighted by Crippen LogP contribution is -2.54. The molecular weight excluding hydrogens is 340 g/mol. The molecule has 0 spiro atoms. The highest BCUT2D eigenvalue weighted by molar-refractivity contribution is 5.66. The zero-order valence-electron chi connectivity index (χ0n) is 18.2. The van der Waals surface area contributed by atoms with Crippen LogP contribution >= 0.6 is 0 Å². The Morgan fingerprint density at radius 1 is 1.19 bits per heavy atom. The third-order valence-electron chi connectivity index (χ3n) is 6.18. The monoisotopic (exact) mass is 378 g/mol. The molecule has 0 radical (unpaired) electrons. The molecule has 0 fully saturated rings. The zero-order chi connectivity index (χ0) is 20.7. The molecule has 3 unspecified atom stereocenters. The van der Waals surface area contributed by atoms with Crippen LogP contribution in [0.3, 0.4) is 0 Å². The van der Waals surface area contributed by atoms with Gasteiger partial charge in [0.05, 0.1) is 5.60 Å². The van der Waals surface area contributed by atoms with Crippen LogP contribution in [-0.4, -0.2) is 27.4 Å². The van der Waals surface area contributed by atoms with Crippen molar-refractivity contribution in [3.8, 4) is 0 Å². The summed E-state index contributed by atoms with van der Waals surface area (Å²) in [5.74, 6) is 0.200. The molecule has 3 atom stereocenters. The Bertz CT molecular complexity index is 632. The molecule has 0 saturated carbocycles. The number of carboxylic acids is 1. The predicted molar refractivity (Wildman–Crippen MR) is 108 cm³/mol. The van der Waals surface area contributed by atoms with Crippen LogP contribution in [0, 0.1) is 16.7 Å². The van der Waals surface area contributed by atoms with Crippen molar-refractivity contribution in [1.29, 1.82) is 0 Å². The first-order valence-electron chi connectivity index (χ1n) is 10.3. The second kappa shape index (κ2) is 7.27. The predicted octanol–water partition coefficient (Wildman–Crippen LogP) is 5.46. The standard InChI is InChI=1S/C23H38O4/c1-20(2,3)19-16-15-22(7,13-10-8-9-11-18(24)25)27-17(16)12-14-23(19,26)21(4,5)6/h12,14,19,26H,8-11,13,15H2,1-7H3,(H,24,25). The quantitative estimate of drug-likeness (QED) is 0.602. The summed E-state index contributed by atoms with van der Waals surface area (Å²) < 4.78 is 6.38. The van der Waals surface area contributed by atoms with Gasteiger partial charge in [-0.3, -0.25) is 4.79 Å². The number of rotatable bonds is 6. The summed E-state index contributed by atoms with van der Waals surface area (Å²) in [6, 6.07) is 0. The van der Waals surface area contributed by atoms with Crippen molar-refractivity contribution in [1.82, 2.24) is 0 Å². The molecule has 2 aliphatic rings. The smallest absolute Gasteiger partial charge is 0.303 e. The molecule has 2 N–H and O–H groups in total. The minimum absolute atomic E-state index is 0.00108. The molecule has 27 heavy (non-hydrogen) atoms. The highest BCUT2D eigenvalue weighted by atomic mass is 16.5. The van der Waals surface area contributed by atoms with Gasteiger partial charge in [-0.1, -0.05) is 48.0 Å². The van der Waals surface area contributed by atoms with Crippen LogP contribution in [-0.2, 0) is 9.53 Å². The minimum Gasteiger partial charge on any atom is -0.487 e. The lowest BCUT2D eigenvalue weighted by atomic mass is 9.56. The molecule has 0 amide bonds. The number of unbranched alkanes of at least 4 members (excludes halogenated alkanes) is 2. The van der Waals surface area contributed by atoms with Gasteiger partial charge in [-0.15, -0.1) is 0 Å². The lowest BCUT2D eigenvalue weighted by molar-refractivity contribution is -0.137. The van der Waals surface area contributed by atoms with Gasteiger partial charge >= 0.3 is 5.97 Å². The van der Waals surface area contributed by atoms with Crippen molar-refractivity contribution < 1.29 is 19.7 Å². The van der Waals surface area contributed by atoms with Crippen LogP contribution in [0.15, 0.2) is 23.5 Å². The third kappa shape index (κ3) is 4.59. The van der Waals surface area contributed by atoms with E-state index < -0.39 is 11.6 Å². The molecular formula is C23H38O4. The number of aliphatic carboxylic acids is 1. The first-order chi connectivity index (χ1) is 12.2. The van der Waals surface area contributed by atoms with E-state index in [9.17, 15) is 9.90 Å². The lowest BCUT2D eigenvalue weighted by Gasteiger charge is -2.51. The van der Waals surface area contributed by atoms with Crippen LogP contribution in [0.2, 0.25) is 0 Å². The van der Waals surface area contributed by atoms with Gasteiger partial charge in [0.25, 0.3) is 0 Å². The number of hydrogen-bond acceptors (Lipinski definition) is 3. The van der Waals surface area contributed by atoms with Crippen LogP contribution in [0.25, 0.3) is 0 Å². The molecule has 1 aliphatic carbocycles. The van der Waals surface area contributed by atoms with Crippen LogP contribution in [0.5, 0.6) is 0 Å². The van der Waals surface area contributed by atoms with Crippen LogP contribution in [0.4, 0.5) is 0 Å². The molecule has 154 valence electrons. The molecule has 4 nitrogen and oxygen atoms in total. The number of hydrogen-bond donors (Lipinski definition) is 2. The minimum atomic E-state index is -0.916. The topological polar surface area (TPSA) is 66.8 Å². The average molecular weight is 379 g/mol.